The maximum absolute atomic E-state index is 13.3. The van der Waals surface area contributed by atoms with Crippen LogP contribution in [-0.2, 0) is 4.79 Å². The molecule has 154 valence electrons. The average Bonchev–Trinajstić information content (AvgIpc) is 3.62. The molecule has 3 aliphatic rings. The molecule has 2 aliphatic carbocycles. The smallest absolute Gasteiger partial charge is 0.230 e. The molecule has 0 bridgehead atoms. The number of rotatable bonds is 4. The van der Waals surface area contributed by atoms with Crippen molar-refractivity contribution in [2.24, 2.45) is 5.92 Å². The third-order valence-electron chi connectivity index (χ3n) is 6.56. The van der Waals surface area contributed by atoms with Gasteiger partial charge in [0.25, 0.3) is 0 Å². The van der Waals surface area contributed by atoms with Crippen LogP contribution < -0.4 is 15.1 Å². The number of amides is 1. The zero-order valence-electron chi connectivity index (χ0n) is 16.9. The Hall–Kier alpha value is -1.85. The van der Waals surface area contributed by atoms with E-state index in [1.807, 2.05) is 12.1 Å². The number of nitrogens with zero attached hydrogens (tertiary/aromatic N) is 3. The SMILES string of the molecule is O=C(C1CC1)N(c1c(Cl)ccc2nc(N3CCNCC3)ccc12)C1CCCCC1. The van der Waals surface area contributed by atoms with Gasteiger partial charge in [0.15, 0.2) is 0 Å². The molecule has 2 aromatic rings. The predicted molar refractivity (Wildman–Crippen MR) is 119 cm³/mol. The van der Waals surface area contributed by atoms with Gasteiger partial charge in [0.1, 0.15) is 5.82 Å². The van der Waals surface area contributed by atoms with Crippen molar-refractivity contribution in [2.45, 2.75) is 51.0 Å². The summed E-state index contributed by atoms with van der Waals surface area (Å²) >= 11 is 6.73. The highest BCUT2D eigenvalue weighted by Gasteiger charge is 2.38. The van der Waals surface area contributed by atoms with Gasteiger partial charge in [-0.1, -0.05) is 30.9 Å². The first-order valence-electron chi connectivity index (χ1n) is 11.1. The van der Waals surface area contributed by atoms with E-state index in [2.05, 4.69) is 27.2 Å². The Morgan fingerprint density at radius 1 is 1.03 bits per heavy atom. The fraction of sp³-hybridized carbons (Fsp3) is 0.565. The van der Waals surface area contributed by atoms with Crippen LogP contribution in [0.5, 0.6) is 0 Å². The number of fused-ring (bicyclic) bond motifs is 1. The van der Waals surface area contributed by atoms with E-state index >= 15 is 0 Å². The van der Waals surface area contributed by atoms with Crippen LogP contribution in [0, 0.1) is 5.92 Å². The molecule has 0 spiro atoms. The van der Waals surface area contributed by atoms with Crippen LogP contribution in [0.1, 0.15) is 44.9 Å². The molecular formula is C23H29ClN4O. The summed E-state index contributed by atoms with van der Waals surface area (Å²) in [5, 5.41) is 5.04. The number of carbonyl (C=O) groups excluding carboxylic acids is 1. The van der Waals surface area contributed by atoms with Gasteiger partial charge in [0, 0.05) is 43.5 Å². The average molecular weight is 413 g/mol. The van der Waals surface area contributed by atoms with Crippen molar-refractivity contribution in [3.8, 4) is 0 Å². The Kier molecular flexibility index (Phi) is 5.35. The maximum atomic E-state index is 13.3. The number of anilines is 2. The van der Waals surface area contributed by atoms with Crippen LogP contribution in [0.25, 0.3) is 10.9 Å². The molecule has 1 aromatic carbocycles. The van der Waals surface area contributed by atoms with E-state index in [1.54, 1.807) is 0 Å². The summed E-state index contributed by atoms with van der Waals surface area (Å²) in [5.41, 5.74) is 1.80. The summed E-state index contributed by atoms with van der Waals surface area (Å²) in [4.78, 5) is 22.7. The van der Waals surface area contributed by atoms with Crippen molar-refractivity contribution in [1.29, 1.82) is 0 Å². The van der Waals surface area contributed by atoms with Gasteiger partial charge in [-0.3, -0.25) is 4.79 Å². The molecule has 1 amide bonds. The molecule has 5 rings (SSSR count). The van der Waals surface area contributed by atoms with Gasteiger partial charge in [-0.25, -0.2) is 4.98 Å². The Bertz CT molecular complexity index is 901. The topological polar surface area (TPSA) is 48.5 Å². The van der Waals surface area contributed by atoms with Crippen LogP contribution in [0.4, 0.5) is 11.5 Å². The summed E-state index contributed by atoms with van der Waals surface area (Å²) in [7, 11) is 0. The fourth-order valence-electron chi connectivity index (χ4n) is 4.80. The summed E-state index contributed by atoms with van der Waals surface area (Å²) in [6.45, 7) is 3.90. The van der Waals surface area contributed by atoms with E-state index in [0.717, 1.165) is 74.3 Å². The summed E-state index contributed by atoms with van der Waals surface area (Å²) in [6.07, 6.45) is 7.79. The molecule has 6 heteroatoms. The van der Waals surface area contributed by atoms with E-state index in [4.69, 9.17) is 16.6 Å². The first-order valence-corrected chi connectivity index (χ1v) is 11.5. The van der Waals surface area contributed by atoms with Crippen LogP contribution in [0.2, 0.25) is 5.02 Å². The van der Waals surface area contributed by atoms with Crippen LogP contribution >= 0.6 is 11.6 Å². The van der Waals surface area contributed by atoms with E-state index in [-0.39, 0.29) is 17.9 Å². The monoisotopic (exact) mass is 412 g/mol. The van der Waals surface area contributed by atoms with Crippen molar-refractivity contribution >= 4 is 39.9 Å². The number of hydrogen-bond donors (Lipinski definition) is 1. The Balaban J connectivity index is 1.57. The molecule has 5 nitrogen and oxygen atoms in total. The highest BCUT2D eigenvalue weighted by molar-refractivity contribution is 6.35. The number of benzene rings is 1. The van der Waals surface area contributed by atoms with Crippen molar-refractivity contribution in [3.05, 3.63) is 29.3 Å². The van der Waals surface area contributed by atoms with Crippen LogP contribution in [0.15, 0.2) is 24.3 Å². The number of halogens is 1. The normalized spacial score (nSPS) is 20.8. The van der Waals surface area contributed by atoms with E-state index < -0.39 is 0 Å². The summed E-state index contributed by atoms with van der Waals surface area (Å²) in [5.74, 6) is 1.44. The number of hydrogen-bond acceptors (Lipinski definition) is 4. The molecule has 1 aliphatic heterocycles. The quantitative estimate of drug-likeness (QED) is 0.809. The molecule has 29 heavy (non-hydrogen) atoms. The minimum absolute atomic E-state index is 0.177. The molecule has 2 heterocycles. The molecule has 0 atom stereocenters. The molecule has 1 saturated heterocycles. The van der Waals surface area contributed by atoms with Crippen LogP contribution in [-0.4, -0.2) is 43.1 Å². The number of pyridine rings is 1. The van der Waals surface area contributed by atoms with Crippen LogP contribution in [0.3, 0.4) is 0 Å². The predicted octanol–water partition coefficient (Wildman–Crippen LogP) is 4.37. The second-order valence-corrected chi connectivity index (χ2v) is 9.05. The van der Waals surface area contributed by atoms with Crippen molar-refractivity contribution < 1.29 is 4.79 Å². The molecule has 0 radical (unpaired) electrons. The van der Waals surface area contributed by atoms with Gasteiger partial charge in [-0.2, -0.15) is 0 Å². The maximum Gasteiger partial charge on any atom is 0.230 e. The number of piperazine rings is 1. The first kappa shape index (κ1) is 19.1. The zero-order chi connectivity index (χ0) is 19.8. The third-order valence-corrected chi connectivity index (χ3v) is 6.87. The second-order valence-electron chi connectivity index (χ2n) is 8.64. The summed E-state index contributed by atoms with van der Waals surface area (Å²) in [6, 6.07) is 8.38. The molecule has 1 N–H and O–H groups in total. The minimum Gasteiger partial charge on any atom is -0.354 e. The first-order chi connectivity index (χ1) is 14.2. The fourth-order valence-corrected chi connectivity index (χ4v) is 5.06. The second kappa shape index (κ2) is 8.11. The molecule has 1 aromatic heterocycles. The molecule has 0 unspecified atom stereocenters. The zero-order valence-corrected chi connectivity index (χ0v) is 17.6. The Labute approximate surface area is 177 Å². The number of aromatic nitrogens is 1. The highest BCUT2D eigenvalue weighted by atomic mass is 35.5. The number of nitrogens with one attached hydrogen (secondary N) is 1. The van der Waals surface area contributed by atoms with Gasteiger partial charge in [-0.15, -0.1) is 0 Å². The molecule has 3 fully saturated rings. The standard InChI is InChI=1S/C23H29ClN4O/c24-19-9-10-20-18(8-11-21(26-20)27-14-12-25-13-15-27)22(19)28(23(29)16-6-7-16)17-4-2-1-3-5-17/h8-11,16-17,25H,1-7,12-15H2. The third kappa shape index (κ3) is 3.82. The molecular weight excluding hydrogens is 384 g/mol. The lowest BCUT2D eigenvalue weighted by molar-refractivity contribution is -0.120. The van der Waals surface area contributed by atoms with E-state index in [9.17, 15) is 4.79 Å². The highest BCUT2D eigenvalue weighted by Crippen LogP contribution is 2.42. The minimum atomic E-state index is 0.177. The Morgan fingerprint density at radius 3 is 2.52 bits per heavy atom. The van der Waals surface area contributed by atoms with Gasteiger partial charge >= 0.3 is 0 Å². The van der Waals surface area contributed by atoms with Crippen molar-refractivity contribution in [3.63, 3.8) is 0 Å². The lowest BCUT2D eigenvalue weighted by Crippen LogP contribution is -2.44. The van der Waals surface area contributed by atoms with Gasteiger partial charge < -0.3 is 15.1 Å². The van der Waals surface area contributed by atoms with Gasteiger partial charge in [0.05, 0.1) is 16.2 Å². The van der Waals surface area contributed by atoms with Gasteiger partial charge in [0.2, 0.25) is 5.91 Å². The Morgan fingerprint density at radius 2 is 1.79 bits per heavy atom. The lowest BCUT2D eigenvalue weighted by Gasteiger charge is -2.36. The van der Waals surface area contributed by atoms with Crippen molar-refractivity contribution in [1.82, 2.24) is 10.3 Å². The van der Waals surface area contributed by atoms with Gasteiger partial charge in [-0.05, 0) is 49.9 Å². The van der Waals surface area contributed by atoms with E-state index in [0.29, 0.717) is 5.02 Å². The number of carbonyl (C=O) groups is 1. The van der Waals surface area contributed by atoms with Crippen molar-refractivity contribution in [2.75, 3.05) is 36.0 Å². The van der Waals surface area contributed by atoms with E-state index in [1.165, 1.54) is 19.3 Å². The molecule has 2 saturated carbocycles. The largest absolute Gasteiger partial charge is 0.354 e. The summed E-state index contributed by atoms with van der Waals surface area (Å²) < 4.78 is 0. The lowest BCUT2D eigenvalue weighted by atomic mass is 9.93.